The summed E-state index contributed by atoms with van der Waals surface area (Å²) in [5, 5.41) is 6.06. The highest BCUT2D eigenvalue weighted by Crippen LogP contribution is 2.18. The molecule has 1 rings (SSSR count). The molecule has 0 unspecified atom stereocenters. The lowest BCUT2D eigenvalue weighted by atomic mass is 9.93. The number of rotatable bonds is 5. The summed E-state index contributed by atoms with van der Waals surface area (Å²) in [6, 6.07) is 0.310. The van der Waals surface area contributed by atoms with Crippen LogP contribution in [-0.4, -0.2) is 24.2 Å². The highest BCUT2D eigenvalue weighted by molar-refractivity contribution is 5.75. The van der Waals surface area contributed by atoms with Crippen molar-refractivity contribution in [3.05, 3.63) is 0 Å². The molecule has 0 radical (unpaired) electrons. The molecule has 4 heteroatoms. The first-order valence-corrected chi connectivity index (χ1v) is 6.44. The maximum Gasteiger partial charge on any atom is 0.315 e. The van der Waals surface area contributed by atoms with Crippen LogP contribution in [0, 0.1) is 0 Å². The van der Waals surface area contributed by atoms with Gasteiger partial charge in [0.15, 0.2) is 0 Å². The van der Waals surface area contributed by atoms with E-state index in [0.29, 0.717) is 12.6 Å². The van der Waals surface area contributed by atoms with Gasteiger partial charge in [-0.1, -0.05) is 26.7 Å². The lowest BCUT2D eigenvalue weighted by Gasteiger charge is -2.32. The Bertz CT molecular complexity index is 212. The zero-order chi connectivity index (χ0) is 12.0. The fourth-order valence-electron chi connectivity index (χ4n) is 2.30. The summed E-state index contributed by atoms with van der Waals surface area (Å²) >= 11 is 0. The molecule has 94 valence electrons. The summed E-state index contributed by atoms with van der Waals surface area (Å²) in [5.74, 6) is 0. The van der Waals surface area contributed by atoms with Gasteiger partial charge in [0.25, 0.3) is 0 Å². The summed E-state index contributed by atoms with van der Waals surface area (Å²) < 4.78 is 0. The van der Waals surface area contributed by atoms with E-state index >= 15 is 0 Å². The van der Waals surface area contributed by atoms with Gasteiger partial charge in [-0.2, -0.15) is 0 Å². The van der Waals surface area contributed by atoms with Gasteiger partial charge < -0.3 is 16.4 Å². The average molecular weight is 227 g/mol. The minimum atomic E-state index is -0.233. The molecule has 1 aliphatic carbocycles. The second-order valence-electron chi connectivity index (χ2n) is 4.77. The number of amides is 2. The predicted molar refractivity (Wildman–Crippen MR) is 66.3 cm³/mol. The van der Waals surface area contributed by atoms with E-state index in [9.17, 15) is 4.79 Å². The summed E-state index contributed by atoms with van der Waals surface area (Å²) in [6.45, 7) is 4.62. The molecule has 1 aliphatic rings. The molecular weight excluding hydrogens is 202 g/mol. The molecule has 0 bridgehead atoms. The quantitative estimate of drug-likeness (QED) is 0.670. The number of nitrogens with two attached hydrogens (primary N) is 1. The molecule has 0 spiro atoms. The Morgan fingerprint density at radius 1 is 1.31 bits per heavy atom. The van der Waals surface area contributed by atoms with E-state index in [4.69, 9.17) is 5.73 Å². The lowest BCUT2D eigenvalue weighted by molar-refractivity contribution is 0.218. The van der Waals surface area contributed by atoms with E-state index in [-0.39, 0.29) is 11.6 Å². The van der Waals surface area contributed by atoms with Gasteiger partial charge in [0.05, 0.1) is 5.54 Å². The summed E-state index contributed by atoms with van der Waals surface area (Å²) in [4.78, 5) is 11.8. The standard InChI is InChI=1S/C12H25N3O/c1-3-12(4-2,9-13)15-11(16)14-10-7-5-6-8-10/h10H,3-9,13H2,1-2H3,(H2,14,15,16). The number of hydrogen-bond acceptors (Lipinski definition) is 2. The largest absolute Gasteiger partial charge is 0.335 e. The van der Waals surface area contributed by atoms with E-state index in [1.54, 1.807) is 0 Å². The van der Waals surface area contributed by atoms with E-state index in [1.807, 2.05) is 0 Å². The van der Waals surface area contributed by atoms with Gasteiger partial charge >= 0.3 is 6.03 Å². The van der Waals surface area contributed by atoms with Crippen LogP contribution in [0.3, 0.4) is 0 Å². The SMILES string of the molecule is CCC(CC)(CN)NC(=O)NC1CCCC1. The first-order chi connectivity index (χ1) is 7.65. The Labute approximate surface area is 98.3 Å². The van der Waals surface area contributed by atoms with Crippen LogP contribution in [0.15, 0.2) is 0 Å². The smallest absolute Gasteiger partial charge is 0.315 e. The molecule has 0 aromatic heterocycles. The molecule has 0 saturated heterocycles. The Balaban J connectivity index is 2.41. The van der Waals surface area contributed by atoms with Crippen LogP contribution in [0.4, 0.5) is 4.79 Å². The van der Waals surface area contributed by atoms with Crippen molar-refractivity contribution >= 4 is 6.03 Å². The predicted octanol–water partition coefficient (Wildman–Crippen LogP) is 1.75. The topological polar surface area (TPSA) is 67.1 Å². The summed E-state index contributed by atoms with van der Waals surface area (Å²) in [5.41, 5.74) is 5.51. The number of hydrogen-bond donors (Lipinski definition) is 3. The number of nitrogens with one attached hydrogen (secondary N) is 2. The Kier molecular flexibility index (Phi) is 5.06. The highest BCUT2D eigenvalue weighted by atomic mass is 16.2. The van der Waals surface area contributed by atoms with Gasteiger partial charge in [0.2, 0.25) is 0 Å². The summed E-state index contributed by atoms with van der Waals surface area (Å²) in [7, 11) is 0. The zero-order valence-corrected chi connectivity index (χ0v) is 10.5. The zero-order valence-electron chi connectivity index (χ0n) is 10.5. The average Bonchev–Trinajstić information content (AvgIpc) is 2.79. The van der Waals surface area contributed by atoms with Crippen molar-refractivity contribution in [3.8, 4) is 0 Å². The minimum absolute atomic E-state index is 0.0546. The van der Waals surface area contributed by atoms with Gasteiger partial charge in [-0.05, 0) is 25.7 Å². The van der Waals surface area contributed by atoms with Gasteiger partial charge in [-0.25, -0.2) is 4.79 Å². The Morgan fingerprint density at radius 3 is 2.31 bits per heavy atom. The molecule has 0 heterocycles. The maximum absolute atomic E-state index is 11.8. The fraction of sp³-hybridized carbons (Fsp3) is 0.917. The first kappa shape index (κ1) is 13.3. The number of carbonyl (C=O) groups is 1. The third-order valence-corrected chi connectivity index (χ3v) is 3.81. The molecule has 4 N–H and O–H groups in total. The second kappa shape index (κ2) is 6.09. The van der Waals surface area contributed by atoms with Crippen LogP contribution in [0.2, 0.25) is 0 Å². The van der Waals surface area contributed by atoms with Crippen molar-refractivity contribution in [2.45, 2.75) is 64.0 Å². The molecule has 1 saturated carbocycles. The molecule has 0 atom stereocenters. The minimum Gasteiger partial charge on any atom is -0.335 e. The molecule has 0 aromatic rings. The normalized spacial score (nSPS) is 17.4. The third-order valence-electron chi connectivity index (χ3n) is 3.81. The van der Waals surface area contributed by atoms with Crippen LogP contribution >= 0.6 is 0 Å². The van der Waals surface area contributed by atoms with Gasteiger partial charge in [0, 0.05) is 12.6 Å². The van der Waals surface area contributed by atoms with Crippen LogP contribution < -0.4 is 16.4 Å². The fourth-order valence-corrected chi connectivity index (χ4v) is 2.30. The highest BCUT2D eigenvalue weighted by Gasteiger charge is 2.27. The van der Waals surface area contributed by atoms with Gasteiger partial charge in [-0.15, -0.1) is 0 Å². The van der Waals surface area contributed by atoms with Gasteiger partial charge in [0.1, 0.15) is 0 Å². The van der Waals surface area contributed by atoms with E-state index in [1.165, 1.54) is 12.8 Å². The Hall–Kier alpha value is -0.770. The molecular formula is C12H25N3O. The molecule has 16 heavy (non-hydrogen) atoms. The first-order valence-electron chi connectivity index (χ1n) is 6.44. The van der Waals surface area contributed by atoms with Crippen molar-refractivity contribution in [2.75, 3.05) is 6.54 Å². The maximum atomic E-state index is 11.8. The van der Waals surface area contributed by atoms with Crippen LogP contribution in [0.25, 0.3) is 0 Å². The van der Waals surface area contributed by atoms with E-state index in [2.05, 4.69) is 24.5 Å². The molecule has 1 fully saturated rings. The van der Waals surface area contributed by atoms with Crippen molar-refractivity contribution in [1.29, 1.82) is 0 Å². The van der Waals surface area contributed by atoms with Crippen LogP contribution in [0.5, 0.6) is 0 Å². The van der Waals surface area contributed by atoms with E-state index < -0.39 is 0 Å². The molecule has 4 nitrogen and oxygen atoms in total. The molecule has 0 aromatic carbocycles. The van der Waals surface area contributed by atoms with Crippen molar-refractivity contribution in [2.24, 2.45) is 5.73 Å². The molecule has 0 aliphatic heterocycles. The van der Waals surface area contributed by atoms with Crippen molar-refractivity contribution in [1.82, 2.24) is 10.6 Å². The van der Waals surface area contributed by atoms with Crippen LogP contribution in [-0.2, 0) is 0 Å². The number of urea groups is 1. The second-order valence-corrected chi connectivity index (χ2v) is 4.77. The van der Waals surface area contributed by atoms with Gasteiger partial charge in [-0.3, -0.25) is 0 Å². The number of carbonyl (C=O) groups excluding carboxylic acids is 1. The monoisotopic (exact) mass is 227 g/mol. The lowest BCUT2D eigenvalue weighted by Crippen LogP contribution is -2.56. The van der Waals surface area contributed by atoms with E-state index in [0.717, 1.165) is 25.7 Å². The Morgan fingerprint density at radius 2 is 1.88 bits per heavy atom. The third kappa shape index (κ3) is 3.37. The summed E-state index contributed by atoms with van der Waals surface area (Å²) in [6.07, 6.45) is 6.43. The molecule has 2 amide bonds. The van der Waals surface area contributed by atoms with Crippen molar-refractivity contribution in [3.63, 3.8) is 0 Å². The van der Waals surface area contributed by atoms with Crippen molar-refractivity contribution < 1.29 is 4.79 Å². The van der Waals surface area contributed by atoms with Crippen LogP contribution in [0.1, 0.15) is 52.4 Å².